The molecule has 0 saturated heterocycles. The molecule has 0 N–H and O–H groups in total. The van der Waals surface area contributed by atoms with Gasteiger partial charge in [-0.2, -0.15) is 13.2 Å². The molecule has 3 nitrogen and oxygen atoms in total. The molecule has 16 heavy (non-hydrogen) atoms. The Bertz CT molecular complexity index is 408. The van der Waals surface area contributed by atoms with Gasteiger partial charge >= 0.3 is 18.1 Å². The highest BCUT2D eigenvalue weighted by Crippen LogP contribution is 2.17. The summed E-state index contributed by atoms with van der Waals surface area (Å²) in [6.07, 6.45) is -5.24. The molecule has 7 heteroatoms. The van der Waals surface area contributed by atoms with Crippen LogP contribution in [0.5, 0.6) is 0 Å². The summed E-state index contributed by atoms with van der Waals surface area (Å²) in [6, 6.07) is 3.52. The molecule has 0 amide bonds. The summed E-state index contributed by atoms with van der Waals surface area (Å²) < 4.78 is 51.0. The van der Waals surface area contributed by atoms with E-state index in [1.807, 2.05) is 0 Å². The Hall–Kier alpha value is -1.92. The van der Waals surface area contributed by atoms with Crippen LogP contribution >= 0.6 is 0 Å². The maximum absolute atomic E-state index is 12.4. The van der Waals surface area contributed by atoms with Gasteiger partial charge in [-0.3, -0.25) is 0 Å². The summed E-state index contributed by atoms with van der Waals surface area (Å²) in [5.74, 6) is -4.76. The molecule has 0 aliphatic heterocycles. The predicted octanol–water partition coefficient (Wildman–Crippen LogP) is 2.07. The summed E-state index contributed by atoms with van der Waals surface area (Å²) in [5.41, 5.74) is -0.348. The van der Waals surface area contributed by atoms with Crippen molar-refractivity contribution in [2.75, 3.05) is 0 Å². The van der Waals surface area contributed by atoms with E-state index < -0.39 is 23.9 Å². The Morgan fingerprint density at radius 1 is 1.06 bits per heavy atom. The van der Waals surface area contributed by atoms with Gasteiger partial charge in [-0.05, 0) is 24.3 Å². The molecule has 0 fully saturated rings. The lowest BCUT2D eigenvalue weighted by Crippen LogP contribution is -2.28. The Kier molecular flexibility index (Phi) is 3.26. The number of esters is 2. The summed E-state index contributed by atoms with van der Waals surface area (Å²) in [6.45, 7) is 0. The topological polar surface area (TPSA) is 43.4 Å². The van der Waals surface area contributed by atoms with Crippen LogP contribution in [-0.4, -0.2) is 18.1 Å². The Morgan fingerprint density at radius 3 is 2.00 bits per heavy atom. The predicted molar refractivity (Wildman–Crippen MR) is 42.9 cm³/mol. The van der Waals surface area contributed by atoms with E-state index in [0.717, 1.165) is 24.3 Å². The number of hydrogen-bond acceptors (Lipinski definition) is 3. The van der Waals surface area contributed by atoms with Crippen molar-refractivity contribution < 1.29 is 31.9 Å². The highest BCUT2D eigenvalue weighted by Gasteiger charge is 2.42. The van der Waals surface area contributed by atoms with Gasteiger partial charge in [0.1, 0.15) is 5.82 Å². The van der Waals surface area contributed by atoms with Gasteiger partial charge in [0.2, 0.25) is 0 Å². The zero-order chi connectivity index (χ0) is 12.3. The normalized spacial score (nSPS) is 11.0. The molecule has 0 atom stereocenters. The van der Waals surface area contributed by atoms with Crippen LogP contribution in [0.2, 0.25) is 0 Å². The summed E-state index contributed by atoms with van der Waals surface area (Å²) in [4.78, 5) is 21.2. The SMILES string of the molecule is O=C(OC(=O)C(F)(F)F)c1ccc(F)cc1. The second kappa shape index (κ2) is 4.30. The molecule has 0 unspecified atom stereocenters. The largest absolute Gasteiger partial charge is 0.491 e. The van der Waals surface area contributed by atoms with Crippen molar-refractivity contribution in [2.24, 2.45) is 0 Å². The molecule has 0 aromatic heterocycles. The third-order valence-corrected chi connectivity index (χ3v) is 1.50. The second-order valence-electron chi connectivity index (χ2n) is 2.68. The zero-order valence-corrected chi connectivity index (χ0v) is 7.55. The first kappa shape index (κ1) is 12.2. The molecular formula is C9H4F4O3. The van der Waals surface area contributed by atoms with Gasteiger partial charge in [-0.1, -0.05) is 0 Å². The third-order valence-electron chi connectivity index (χ3n) is 1.50. The summed E-state index contributed by atoms with van der Waals surface area (Å²) in [5, 5.41) is 0. The molecular weight excluding hydrogens is 232 g/mol. The van der Waals surface area contributed by atoms with E-state index in [4.69, 9.17) is 0 Å². The van der Waals surface area contributed by atoms with Crippen LogP contribution in [0.3, 0.4) is 0 Å². The molecule has 0 bridgehead atoms. The van der Waals surface area contributed by atoms with Crippen LogP contribution in [0, 0.1) is 5.82 Å². The monoisotopic (exact) mass is 236 g/mol. The number of alkyl halides is 3. The first-order valence-corrected chi connectivity index (χ1v) is 3.89. The standard InChI is InChI=1S/C9H4F4O3/c10-6-3-1-5(2-4-6)7(14)16-8(15)9(11,12)13/h1-4H. The van der Waals surface area contributed by atoms with Crippen LogP contribution in [0.25, 0.3) is 0 Å². The van der Waals surface area contributed by atoms with E-state index in [9.17, 15) is 27.2 Å². The number of hydrogen-bond donors (Lipinski definition) is 0. The van der Waals surface area contributed by atoms with Crippen molar-refractivity contribution in [3.05, 3.63) is 35.6 Å². The minimum atomic E-state index is -5.24. The van der Waals surface area contributed by atoms with Crippen molar-refractivity contribution >= 4 is 11.9 Å². The fourth-order valence-corrected chi connectivity index (χ4v) is 0.787. The van der Waals surface area contributed by atoms with Gasteiger partial charge in [-0.15, -0.1) is 0 Å². The molecule has 1 aromatic rings. The molecule has 1 aromatic carbocycles. The Morgan fingerprint density at radius 2 is 1.56 bits per heavy atom. The van der Waals surface area contributed by atoms with Gasteiger partial charge < -0.3 is 4.74 Å². The van der Waals surface area contributed by atoms with Gasteiger partial charge in [0, 0.05) is 0 Å². The highest BCUT2D eigenvalue weighted by atomic mass is 19.4. The first-order chi connectivity index (χ1) is 7.30. The van der Waals surface area contributed by atoms with Gasteiger partial charge in [0.05, 0.1) is 5.56 Å². The lowest BCUT2D eigenvalue weighted by atomic mass is 10.2. The van der Waals surface area contributed by atoms with Crippen LogP contribution in [0.1, 0.15) is 10.4 Å². The number of ether oxygens (including phenoxy) is 1. The van der Waals surface area contributed by atoms with Gasteiger partial charge in [-0.25, -0.2) is 14.0 Å². The summed E-state index contributed by atoms with van der Waals surface area (Å²) in [7, 11) is 0. The lowest BCUT2D eigenvalue weighted by molar-refractivity contribution is -0.193. The minimum Gasteiger partial charge on any atom is -0.383 e. The van der Waals surface area contributed by atoms with Gasteiger partial charge in [0.15, 0.2) is 0 Å². The molecule has 0 saturated carbocycles. The number of carbonyl (C=O) groups is 2. The Labute approximate surface area is 86.6 Å². The fourth-order valence-electron chi connectivity index (χ4n) is 0.787. The minimum absolute atomic E-state index is 0.348. The van der Waals surface area contributed by atoms with Crippen LogP contribution < -0.4 is 0 Å². The van der Waals surface area contributed by atoms with Crippen molar-refractivity contribution in [1.29, 1.82) is 0 Å². The van der Waals surface area contributed by atoms with Crippen molar-refractivity contribution in [2.45, 2.75) is 6.18 Å². The fraction of sp³-hybridized carbons (Fsp3) is 0.111. The Balaban J connectivity index is 2.74. The molecule has 0 aliphatic rings. The van der Waals surface area contributed by atoms with E-state index in [0.29, 0.717) is 0 Å². The molecule has 0 heterocycles. The van der Waals surface area contributed by atoms with Gasteiger partial charge in [0.25, 0.3) is 0 Å². The maximum Gasteiger partial charge on any atom is 0.491 e. The summed E-state index contributed by atoms with van der Waals surface area (Å²) >= 11 is 0. The molecule has 1 rings (SSSR count). The van der Waals surface area contributed by atoms with E-state index in [-0.39, 0.29) is 5.56 Å². The maximum atomic E-state index is 12.4. The van der Waals surface area contributed by atoms with Crippen LogP contribution in [0.15, 0.2) is 24.3 Å². The smallest absolute Gasteiger partial charge is 0.383 e. The van der Waals surface area contributed by atoms with Crippen LogP contribution in [-0.2, 0) is 9.53 Å². The molecule has 0 aliphatic carbocycles. The molecule has 86 valence electrons. The third kappa shape index (κ3) is 3.04. The van der Waals surface area contributed by atoms with Crippen LogP contribution in [0.4, 0.5) is 17.6 Å². The second-order valence-corrected chi connectivity index (χ2v) is 2.68. The number of benzene rings is 1. The van der Waals surface area contributed by atoms with Crippen molar-refractivity contribution in [1.82, 2.24) is 0 Å². The van der Waals surface area contributed by atoms with E-state index >= 15 is 0 Å². The van der Waals surface area contributed by atoms with E-state index in [1.165, 1.54) is 0 Å². The lowest BCUT2D eigenvalue weighted by Gasteiger charge is -2.05. The molecule has 0 spiro atoms. The number of halogens is 4. The average Bonchev–Trinajstić information content (AvgIpc) is 2.17. The zero-order valence-electron chi connectivity index (χ0n) is 7.55. The quantitative estimate of drug-likeness (QED) is 0.426. The average molecular weight is 236 g/mol. The van der Waals surface area contributed by atoms with E-state index in [2.05, 4.69) is 4.74 Å². The number of rotatable bonds is 1. The van der Waals surface area contributed by atoms with E-state index in [1.54, 1.807) is 0 Å². The van der Waals surface area contributed by atoms with Crippen molar-refractivity contribution in [3.8, 4) is 0 Å². The highest BCUT2D eigenvalue weighted by molar-refractivity contribution is 5.98. The first-order valence-electron chi connectivity index (χ1n) is 3.89. The molecule has 0 radical (unpaired) electrons. The van der Waals surface area contributed by atoms with Crippen molar-refractivity contribution in [3.63, 3.8) is 0 Å². The number of carbonyl (C=O) groups excluding carboxylic acids is 2.